The Morgan fingerprint density at radius 3 is 0.625 bits per heavy atom. The predicted molar refractivity (Wildman–Crippen MR) is 275 cm³/mol. The topological polar surface area (TPSA) is 148 Å². The first kappa shape index (κ1) is 60.1. The van der Waals surface area contributed by atoms with Crippen LogP contribution in [0.5, 0.6) is 0 Å². The fraction of sp³-hybridized carbons (Fsp3) is 0.571. The normalized spacial score (nSPS) is 11.1. The fourth-order valence-corrected chi connectivity index (χ4v) is 6.75. The minimum atomic E-state index is 0.223. The largest absolute Gasteiger partial charge is 0.382 e. The molecule has 0 aliphatic heterocycles. The van der Waals surface area contributed by atoms with Gasteiger partial charge in [-0.05, 0) is 44.5 Å². The highest BCUT2D eigenvalue weighted by molar-refractivity contribution is 6.26. The molecule has 16 nitrogen and oxygen atoms in total. The molecule has 394 valence electrons. The van der Waals surface area contributed by atoms with E-state index in [1.807, 2.05) is 12.1 Å². The van der Waals surface area contributed by atoms with Crippen molar-refractivity contribution in [3.8, 4) is 47.4 Å². The van der Waals surface area contributed by atoms with Gasteiger partial charge < -0.3 is 75.8 Å². The highest BCUT2D eigenvalue weighted by Gasteiger charge is 2.17. The van der Waals surface area contributed by atoms with Crippen LogP contribution in [0.2, 0.25) is 0 Å². The van der Waals surface area contributed by atoms with Gasteiger partial charge in [-0.15, -0.1) is 0 Å². The van der Waals surface area contributed by atoms with Gasteiger partial charge in [-0.3, -0.25) is 0 Å². The highest BCUT2D eigenvalue weighted by Crippen LogP contribution is 2.40. The van der Waals surface area contributed by atoms with Gasteiger partial charge in [-0.2, -0.15) is 0 Å². The third-order valence-electron chi connectivity index (χ3n) is 10.2. The lowest BCUT2D eigenvalue weighted by molar-refractivity contribution is 0.00758. The van der Waals surface area contributed by atoms with Gasteiger partial charge in [0.05, 0.1) is 159 Å². The van der Waals surface area contributed by atoms with E-state index in [2.05, 4.69) is 71.6 Å². The van der Waals surface area contributed by atoms with Crippen LogP contribution in [0, 0.1) is 47.4 Å². The molecule has 0 aliphatic rings. The van der Waals surface area contributed by atoms with Crippen LogP contribution < -0.4 is 0 Å². The molecule has 0 amide bonds. The maximum atomic E-state index is 5.82. The van der Waals surface area contributed by atoms with Gasteiger partial charge >= 0.3 is 0 Å². The lowest BCUT2D eigenvalue weighted by atomic mass is 9.86. The van der Waals surface area contributed by atoms with Crippen molar-refractivity contribution in [2.45, 2.75) is 0 Å². The van der Waals surface area contributed by atoms with Gasteiger partial charge in [-0.25, -0.2) is 0 Å². The summed E-state index contributed by atoms with van der Waals surface area (Å²) < 4.78 is 87.6. The minimum Gasteiger partial charge on any atom is -0.382 e. The molecule has 16 heteroatoms. The third kappa shape index (κ3) is 24.5. The minimum absolute atomic E-state index is 0.223. The molecule has 72 heavy (non-hydrogen) atoms. The monoisotopic (exact) mass is 1000 g/mol. The number of methoxy groups -OCH3 is 4. The molecule has 4 rings (SSSR count). The molecular formula is C56H74O16. The lowest BCUT2D eigenvalue weighted by Gasteiger charge is -2.16. The Labute approximate surface area is 426 Å². The summed E-state index contributed by atoms with van der Waals surface area (Å²) in [7, 11) is 6.57. The first-order valence-corrected chi connectivity index (χ1v) is 24.4. The number of hydrogen-bond donors (Lipinski definition) is 0. The van der Waals surface area contributed by atoms with Crippen LogP contribution in [0.1, 0.15) is 22.3 Å². The Balaban J connectivity index is 1.57. The van der Waals surface area contributed by atoms with E-state index in [-0.39, 0.29) is 26.4 Å². The quantitative estimate of drug-likeness (QED) is 0.0342. The molecule has 0 saturated carbocycles. The Morgan fingerprint density at radius 2 is 0.431 bits per heavy atom. The fourth-order valence-electron chi connectivity index (χ4n) is 6.75. The smallest absolute Gasteiger partial charge is 0.108 e. The van der Waals surface area contributed by atoms with Crippen molar-refractivity contribution in [2.75, 3.05) is 213 Å². The van der Waals surface area contributed by atoms with Crippen LogP contribution in [0.25, 0.3) is 32.3 Å². The van der Waals surface area contributed by atoms with Crippen molar-refractivity contribution in [3.05, 3.63) is 58.7 Å². The van der Waals surface area contributed by atoms with Gasteiger partial charge in [0.15, 0.2) is 0 Å². The molecule has 0 spiro atoms. The van der Waals surface area contributed by atoms with Crippen molar-refractivity contribution >= 4 is 32.3 Å². The van der Waals surface area contributed by atoms with E-state index in [0.717, 1.165) is 54.6 Å². The molecule has 0 radical (unpaired) electrons. The molecule has 4 aromatic rings. The summed E-state index contributed by atoms with van der Waals surface area (Å²) in [5.41, 5.74) is 3.26. The maximum Gasteiger partial charge on any atom is 0.108 e. The lowest BCUT2D eigenvalue weighted by Crippen LogP contribution is -2.11. The Morgan fingerprint density at radius 1 is 0.250 bits per heavy atom. The van der Waals surface area contributed by atoms with Crippen LogP contribution in [0.3, 0.4) is 0 Å². The van der Waals surface area contributed by atoms with Crippen molar-refractivity contribution in [3.63, 3.8) is 0 Å². The molecule has 0 saturated heterocycles. The summed E-state index contributed by atoms with van der Waals surface area (Å²) in [6.45, 7) is 12.4. The maximum absolute atomic E-state index is 5.82. The van der Waals surface area contributed by atoms with Crippen molar-refractivity contribution in [1.82, 2.24) is 0 Å². The Bertz CT molecular complexity index is 1990. The summed E-state index contributed by atoms with van der Waals surface area (Å²) in [4.78, 5) is 0. The third-order valence-corrected chi connectivity index (χ3v) is 10.2. The number of rotatable bonds is 40. The average Bonchev–Trinajstić information content (AvgIpc) is 3.40. The zero-order valence-corrected chi connectivity index (χ0v) is 42.8. The molecule has 0 fully saturated rings. The van der Waals surface area contributed by atoms with Gasteiger partial charge in [-0.1, -0.05) is 71.6 Å². The zero-order valence-electron chi connectivity index (χ0n) is 42.8. The van der Waals surface area contributed by atoms with Gasteiger partial charge in [0.2, 0.25) is 0 Å². The number of hydrogen-bond acceptors (Lipinski definition) is 16. The molecule has 0 aliphatic carbocycles. The Kier molecular flexibility index (Phi) is 34.2. The molecule has 0 unspecified atom stereocenters. The average molecular weight is 1000 g/mol. The van der Waals surface area contributed by atoms with Crippen LogP contribution in [0.4, 0.5) is 0 Å². The van der Waals surface area contributed by atoms with E-state index >= 15 is 0 Å². The SMILES string of the molecule is COCCOCCOCCOCC#Cc1cc(C#CCOCCOCCOCCOC)c2ccc3c(C#CCOCCOCCOCCOC)cc(C#CCOCCOCCOCCOC)c4ccc1c2c43. The first-order valence-electron chi connectivity index (χ1n) is 24.4. The zero-order chi connectivity index (χ0) is 50.8. The molecular weight excluding hydrogens is 929 g/mol. The summed E-state index contributed by atoms with van der Waals surface area (Å²) in [5, 5.41) is 5.91. The molecule has 4 aromatic carbocycles. The van der Waals surface area contributed by atoms with Crippen LogP contribution >= 0.6 is 0 Å². The predicted octanol–water partition coefficient (Wildman–Crippen LogP) is 4.77. The highest BCUT2D eigenvalue weighted by atomic mass is 16.6. The van der Waals surface area contributed by atoms with E-state index in [1.54, 1.807) is 28.4 Å². The molecule has 0 atom stereocenters. The van der Waals surface area contributed by atoms with E-state index in [1.165, 1.54) is 0 Å². The second-order valence-electron chi connectivity index (χ2n) is 15.3. The number of ether oxygens (including phenoxy) is 16. The summed E-state index contributed by atoms with van der Waals surface area (Å²) in [6, 6.07) is 12.5. The Hall–Kier alpha value is -4.48. The summed E-state index contributed by atoms with van der Waals surface area (Å²) in [5.74, 6) is 26.4. The van der Waals surface area contributed by atoms with E-state index in [4.69, 9.17) is 75.8 Å². The number of benzene rings is 4. The summed E-state index contributed by atoms with van der Waals surface area (Å²) in [6.07, 6.45) is 0. The molecule has 0 heterocycles. The van der Waals surface area contributed by atoms with E-state index in [9.17, 15) is 0 Å². The van der Waals surface area contributed by atoms with Crippen LogP contribution in [-0.2, 0) is 75.8 Å². The van der Waals surface area contributed by atoms with Crippen LogP contribution in [-0.4, -0.2) is 213 Å². The van der Waals surface area contributed by atoms with Crippen molar-refractivity contribution < 1.29 is 75.8 Å². The standard InChI is InChI=1S/C56H74O16/c1-57-21-25-65-37-41-69-33-29-61-17-5-9-47-45-48(10-6-18-62-30-34-70-42-38-66-26-22-58-2)52-15-16-54-50(12-8-20-64-32-36-72-44-40-68-28-24-60-4)46-49(53-14-13-51(47)55(52)56(53)54)11-7-19-63-31-35-71-43-39-67-27-23-59-3/h13-16,45-46H,17-44H2,1-4H3. The first-order chi connectivity index (χ1) is 35.7. The van der Waals surface area contributed by atoms with Crippen LogP contribution in [0.15, 0.2) is 36.4 Å². The second-order valence-corrected chi connectivity index (χ2v) is 15.3. The van der Waals surface area contributed by atoms with Gasteiger partial charge in [0.1, 0.15) is 26.4 Å². The van der Waals surface area contributed by atoms with Crippen molar-refractivity contribution in [2.24, 2.45) is 0 Å². The van der Waals surface area contributed by atoms with E-state index in [0.29, 0.717) is 159 Å². The van der Waals surface area contributed by atoms with E-state index < -0.39 is 0 Å². The molecule has 0 bridgehead atoms. The van der Waals surface area contributed by atoms with Gasteiger partial charge in [0.25, 0.3) is 0 Å². The van der Waals surface area contributed by atoms with Crippen molar-refractivity contribution in [1.29, 1.82) is 0 Å². The second kappa shape index (κ2) is 40.9. The summed E-state index contributed by atoms with van der Waals surface area (Å²) >= 11 is 0. The molecule has 0 N–H and O–H groups in total. The molecule has 0 aromatic heterocycles. The van der Waals surface area contributed by atoms with Gasteiger partial charge in [0, 0.05) is 50.7 Å².